The molecular formula is C16H17N5OS2. The largest absolute Gasteiger partial charge is 0.301 e. The molecule has 0 unspecified atom stereocenters. The minimum atomic E-state index is -0.325. The molecule has 0 bridgehead atoms. The summed E-state index contributed by atoms with van der Waals surface area (Å²) >= 11 is 2.79. The normalized spacial score (nSPS) is 12.1. The number of nitrogens with zero attached hydrogens (tertiary/aromatic N) is 3. The number of nitrogens with one attached hydrogen (secondary N) is 2. The Morgan fingerprint density at radius 2 is 2.00 bits per heavy atom. The van der Waals surface area contributed by atoms with Crippen molar-refractivity contribution in [2.45, 2.75) is 31.2 Å². The van der Waals surface area contributed by atoms with Crippen molar-refractivity contribution in [3.05, 3.63) is 40.9 Å². The lowest BCUT2D eigenvalue weighted by atomic mass is 10.2. The molecule has 24 heavy (non-hydrogen) atoms. The van der Waals surface area contributed by atoms with Crippen molar-refractivity contribution < 1.29 is 4.79 Å². The van der Waals surface area contributed by atoms with Gasteiger partial charge in [-0.15, -0.1) is 16.4 Å². The second-order valence-electron chi connectivity index (χ2n) is 5.24. The number of carbonyl (C=O) groups is 1. The van der Waals surface area contributed by atoms with Gasteiger partial charge in [-0.05, 0) is 20.8 Å². The molecule has 0 saturated carbocycles. The van der Waals surface area contributed by atoms with E-state index in [4.69, 9.17) is 0 Å². The number of benzene rings is 1. The zero-order chi connectivity index (χ0) is 17.1. The Morgan fingerprint density at radius 3 is 2.67 bits per heavy atom. The average Bonchev–Trinajstić information content (AvgIpc) is 3.15. The number of anilines is 1. The van der Waals surface area contributed by atoms with Crippen LogP contribution in [0.3, 0.4) is 0 Å². The van der Waals surface area contributed by atoms with E-state index < -0.39 is 0 Å². The summed E-state index contributed by atoms with van der Waals surface area (Å²) in [7, 11) is 0. The van der Waals surface area contributed by atoms with E-state index in [-0.39, 0.29) is 11.2 Å². The smallest absolute Gasteiger partial charge is 0.239 e. The van der Waals surface area contributed by atoms with Gasteiger partial charge in [0.05, 0.1) is 10.9 Å². The van der Waals surface area contributed by atoms with Gasteiger partial charge >= 0.3 is 0 Å². The fourth-order valence-electron chi connectivity index (χ4n) is 1.97. The second-order valence-corrected chi connectivity index (χ2v) is 7.75. The maximum Gasteiger partial charge on any atom is 0.239 e. The van der Waals surface area contributed by atoms with E-state index in [0.29, 0.717) is 16.1 Å². The zero-order valence-corrected chi connectivity index (χ0v) is 15.2. The van der Waals surface area contributed by atoms with Gasteiger partial charge in [0.1, 0.15) is 0 Å². The van der Waals surface area contributed by atoms with Gasteiger partial charge in [-0.25, -0.2) is 9.97 Å². The summed E-state index contributed by atoms with van der Waals surface area (Å²) in [6.07, 6.45) is 0. The van der Waals surface area contributed by atoms with Gasteiger partial charge < -0.3 is 5.32 Å². The number of thioether (sulfide) groups is 1. The Morgan fingerprint density at radius 1 is 1.25 bits per heavy atom. The van der Waals surface area contributed by atoms with Crippen molar-refractivity contribution in [3.8, 4) is 11.4 Å². The van der Waals surface area contributed by atoms with Crippen LogP contribution in [0.4, 0.5) is 5.13 Å². The molecule has 2 heterocycles. The van der Waals surface area contributed by atoms with Crippen molar-refractivity contribution >= 4 is 34.1 Å². The molecular weight excluding hydrogens is 342 g/mol. The topological polar surface area (TPSA) is 83.6 Å². The number of aromatic amines is 1. The number of rotatable bonds is 5. The quantitative estimate of drug-likeness (QED) is 0.679. The Balaban J connectivity index is 1.63. The maximum atomic E-state index is 12.3. The lowest BCUT2D eigenvalue weighted by Gasteiger charge is -2.07. The third-order valence-corrected chi connectivity index (χ3v) is 5.37. The van der Waals surface area contributed by atoms with Crippen molar-refractivity contribution in [2.24, 2.45) is 0 Å². The minimum absolute atomic E-state index is 0.111. The summed E-state index contributed by atoms with van der Waals surface area (Å²) in [5.41, 5.74) is 1.90. The monoisotopic (exact) mass is 359 g/mol. The fraction of sp³-hybridized carbons (Fsp3) is 0.250. The zero-order valence-electron chi connectivity index (χ0n) is 13.5. The molecule has 0 radical (unpaired) electrons. The molecule has 0 aliphatic rings. The van der Waals surface area contributed by atoms with E-state index in [1.165, 1.54) is 23.1 Å². The van der Waals surface area contributed by atoms with E-state index in [2.05, 4.69) is 25.5 Å². The van der Waals surface area contributed by atoms with E-state index in [1.54, 1.807) is 0 Å². The number of thiazole rings is 1. The van der Waals surface area contributed by atoms with Crippen LogP contribution in [0.5, 0.6) is 0 Å². The molecule has 3 aromatic rings. The standard InChI is InChI=1S/C16H17N5OS2/c1-9-10(2)23-15(17-9)19-14(22)11(3)24-16-18-13(20-21-16)12-7-5-4-6-8-12/h4-8,11H,1-3H3,(H,17,19,22)(H,18,20,21)/t11-/m1/s1. The van der Waals surface area contributed by atoms with Gasteiger partial charge in [0.15, 0.2) is 11.0 Å². The molecule has 3 rings (SSSR count). The first-order chi connectivity index (χ1) is 11.5. The Bertz CT molecular complexity index is 824. The van der Waals surface area contributed by atoms with E-state index in [0.717, 1.165) is 16.1 Å². The SMILES string of the molecule is Cc1nc(NC(=O)[C@@H](C)Sc2n[nH]c(-c3ccccc3)n2)sc1C. The molecule has 0 aliphatic heterocycles. The van der Waals surface area contributed by atoms with Crippen LogP contribution in [0.15, 0.2) is 35.5 Å². The molecule has 1 atom stereocenters. The molecule has 6 nitrogen and oxygen atoms in total. The average molecular weight is 359 g/mol. The van der Waals surface area contributed by atoms with Gasteiger partial charge in [-0.3, -0.25) is 9.89 Å². The molecule has 2 N–H and O–H groups in total. The van der Waals surface area contributed by atoms with Crippen LogP contribution in [0.2, 0.25) is 0 Å². The summed E-state index contributed by atoms with van der Waals surface area (Å²) in [4.78, 5) is 22.1. The van der Waals surface area contributed by atoms with Crippen LogP contribution in [-0.4, -0.2) is 31.3 Å². The van der Waals surface area contributed by atoms with Gasteiger partial charge in [-0.1, -0.05) is 42.1 Å². The molecule has 1 amide bonds. The van der Waals surface area contributed by atoms with Gasteiger partial charge in [0.25, 0.3) is 0 Å². The number of aromatic nitrogens is 4. The van der Waals surface area contributed by atoms with Gasteiger partial charge in [0.2, 0.25) is 11.1 Å². The van der Waals surface area contributed by atoms with Crippen molar-refractivity contribution in [2.75, 3.05) is 5.32 Å². The van der Waals surface area contributed by atoms with Gasteiger partial charge in [-0.2, -0.15) is 0 Å². The van der Waals surface area contributed by atoms with Crippen LogP contribution >= 0.6 is 23.1 Å². The van der Waals surface area contributed by atoms with Crippen LogP contribution in [0.1, 0.15) is 17.5 Å². The number of aryl methyl sites for hydroxylation is 2. The van der Waals surface area contributed by atoms with Crippen molar-refractivity contribution in [3.63, 3.8) is 0 Å². The molecule has 0 saturated heterocycles. The molecule has 2 aromatic heterocycles. The van der Waals surface area contributed by atoms with Crippen LogP contribution < -0.4 is 5.32 Å². The highest BCUT2D eigenvalue weighted by atomic mass is 32.2. The number of amides is 1. The molecule has 0 fully saturated rings. The Labute approximate surface area is 148 Å². The third-order valence-electron chi connectivity index (χ3n) is 3.42. The minimum Gasteiger partial charge on any atom is -0.301 e. The highest BCUT2D eigenvalue weighted by Crippen LogP contribution is 2.25. The summed E-state index contributed by atoms with van der Waals surface area (Å²) < 4.78 is 0. The lowest BCUT2D eigenvalue weighted by molar-refractivity contribution is -0.115. The number of hydrogen-bond donors (Lipinski definition) is 2. The van der Waals surface area contributed by atoms with Crippen LogP contribution in [0.25, 0.3) is 11.4 Å². The van der Waals surface area contributed by atoms with E-state index in [1.807, 2.05) is 51.1 Å². The highest BCUT2D eigenvalue weighted by Gasteiger charge is 2.19. The van der Waals surface area contributed by atoms with Crippen molar-refractivity contribution in [1.82, 2.24) is 20.2 Å². The van der Waals surface area contributed by atoms with Crippen molar-refractivity contribution in [1.29, 1.82) is 0 Å². The first kappa shape index (κ1) is 16.7. The van der Waals surface area contributed by atoms with Crippen LogP contribution in [0, 0.1) is 13.8 Å². The second kappa shape index (κ2) is 7.14. The summed E-state index contributed by atoms with van der Waals surface area (Å²) in [5, 5.41) is 10.8. The predicted molar refractivity (Wildman–Crippen MR) is 97.4 cm³/mol. The van der Waals surface area contributed by atoms with Gasteiger partial charge in [0, 0.05) is 10.4 Å². The summed E-state index contributed by atoms with van der Waals surface area (Å²) in [6, 6.07) is 9.75. The molecule has 124 valence electrons. The number of H-pyrrole nitrogens is 1. The Kier molecular flexibility index (Phi) is 4.96. The van der Waals surface area contributed by atoms with E-state index >= 15 is 0 Å². The summed E-state index contributed by atoms with van der Waals surface area (Å²) in [5.74, 6) is 0.580. The lowest BCUT2D eigenvalue weighted by Crippen LogP contribution is -2.22. The molecule has 8 heteroatoms. The molecule has 0 spiro atoms. The molecule has 0 aliphatic carbocycles. The number of carbonyl (C=O) groups excluding carboxylic acids is 1. The highest BCUT2D eigenvalue weighted by molar-refractivity contribution is 8.00. The summed E-state index contributed by atoms with van der Waals surface area (Å²) in [6.45, 7) is 5.74. The first-order valence-electron chi connectivity index (χ1n) is 7.42. The predicted octanol–water partition coefficient (Wildman–Crippen LogP) is 3.66. The first-order valence-corrected chi connectivity index (χ1v) is 9.12. The number of hydrogen-bond acceptors (Lipinski definition) is 6. The molecule has 1 aromatic carbocycles. The van der Waals surface area contributed by atoms with E-state index in [9.17, 15) is 4.79 Å². The van der Waals surface area contributed by atoms with Crippen LogP contribution in [-0.2, 0) is 4.79 Å². The third kappa shape index (κ3) is 3.82. The Hall–Kier alpha value is -2.19. The fourth-order valence-corrected chi connectivity index (χ4v) is 3.51. The maximum absolute atomic E-state index is 12.3.